The number of nitrogens with zero attached hydrogens (tertiary/aromatic N) is 1. The van der Waals surface area contributed by atoms with E-state index in [-0.39, 0.29) is 12.5 Å². The quantitative estimate of drug-likeness (QED) is 0.455. The molecule has 2 aromatic carbocycles. The highest BCUT2D eigenvalue weighted by Crippen LogP contribution is 2.32. The lowest BCUT2D eigenvalue weighted by Gasteiger charge is -2.26. The van der Waals surface area contributed by atoms with Gasteiger partial charge in [-0.05, 0) is 50.2 Å². The van der Waals surface area contributed by atoms with Crippen molar-refractivity contribution in [3.8, 4) is 17.1 Å². The molecule has 0 fully saturated rings. The summed E-state index contributed by atoms with van der Waals surface area (Å²) in [5.74, 6) is -1.09. The van der Waals surface area contributed by atoms with Crippen LogP contribution in [-0.4, -0.2) is 41.9 Å². The van der Waals surface area contributed by atoms with Crippen molar-refractivity contribution in [1.82, 2.24) is 15.6 Å². The van der Waals surface area contributed by atoms with Crippen LogP contribution in [0.15, 0.2) is 59.5 Å². The van der Waals surface area contributed by atoms with E-state index in [1.165, 1.54) is 19.7 Å². The number of amides is 3. The van der Waals surface area contributed by atoms with Crippen molar-refractivity contribution in [3.63, 3.8) is 0 Å². The summed E-state index contributed by atoms with van der Waals surface area (Å²) < 4.78 is 10.6. The number of halogens is 1. The van der Waals surface area contributed by atoms with Crippen LogP contribution >= 0.6 is 11.6 Å². The molecule has 0 aliphatic carbocycles. The molecule has 0 aliphatic rings. The average Bonchev–Trinajstić information content (AvgIpc) is 3.32. The Morgan fingerprint density at radius 2 is 1.82 bits per heavy atom. The predicted molar refractivity (Wildman–Crippen MR) is 123 cm³/mol. The maximum Gasteiger partial charge on any atom is 0.313 e. The maximum atomic E-state index is 12.4. The second-order valence-electron chi connectivity index (χ2n) is 7.76. The molecule has 3 rings (SSSR count). The molecule has 10 heteroatoms. The number of ether oxygens (including phenoxy) is 1. The van der Waals surface area contributed by atoms with E-state index in [0.29, 0.717) is 33.3 Å². The highest BCUT2D eigenvalue weighted by molar-refractivity contribution is 6.39. The molecule has 3 amide bonds. The fourth-order valence-electron chi connectivity index (χ4n) is 2.92. The van der Waals surface area contributed by atoms with Crippen molar-refractivity contribution in [2.75, 3.05) is 19.0 Å². The van der Waals surface area contributed by atoms with Gasteiger partial charge >= 0.3 is 11.8 Å². The molecule has 1 aromatic heterocycles. The number of methoxy groups -OCH3 is 1. The first-order chi connectivity index (χ1) is 15.7. The molecule has 3 aromatic rings. The predicted octanol–water partition coefficient (Wildman–Crippen LogP) is 3.27. The van der Waals surface area contributed by atoms with E-state index in [4.69, 9.17) is 20.8 Å². The molecular weight excluding hydrogens is 448 g/mol. The van der Waals surface area contributed by atoms with E-state index in [1.807, 2.05) is 0 Å². The Morgan fingerprint density at radius 3 is 2.45 bits per heavy atom. The highest BCUT2D eigenvalue weighted by atomic mass is 35.5. The SMILES string of the molecule is COc1cc(NC(=O)C(=O)NC(C)(C)CNC(=O)c2ccc(Cl)cc2)ccc1-c1cnco1. The number of carbonyl (C=O) groups excluding carboxylic acids is 3. The first-order valence-corrected chi connectivity index (χ1v) is 10.3. The topological polar surface area (TPSA) is 123 Å². The number of anilines is 1. The van der Waals surface area contributed by atoms with Gasteiger partial charge in [0.1, 0.15) is 5.75 Å². The van der Waals surface area contributed by atoms with Crippen LogP contribution in [0.5, 0.6) is 5.75 Å². The van der Waals surface area contributed by atoms with Crippen LogP contribution in [0.3, 0.4) is 0 Å². The summed E-state index contributed by atoms with van der Waals surface area (Å²) in [6.07, 6.45) is 2.84. The highest BCUT2D eigenvalue weighted by Gasteiger charge is 2.25. The molecule has 0 saturated heterocycles. The fourth-order valence-corrected chi connectivity index (χ4v) is 3.05. The number of hydrogen-bond donors (Lipinski definition) is 3. The van der Waals surface area contributed by atoms with Crippen molar-refractivity contribution in [1.29, 1.82) is 0 Å². The molecular formula is C23H23ClN4O5. The van der Waals surface area contributed by atoms with Gasteiger partial charge in [-0.2, -0.15) is 0 Å². The van der Waals surface area contributed by atoms with Gasteiger partial charge in [-0.15, -0.1) is 0 Å². The number of carbonyl (C=O) groups is 3. The van der Waals surface area contributed by atoms with Crippen LogP contribution in [-0.2, 0) is 9.59 Å². The molecule has 172 valence electrons. The van der Waals surface area contributed by atoms with Gasteiger partial charge in [-0.3, -0.25) is 14.4 Å². The first kappa shape index (κ1) is 23.8. The molecule has 9 nitrogen and oxygen atoms in total. The van der Waals surface area contributed by atoms with Crippen molar-refractivity contribution < 1.29 is 23.5 Å². The number of rotatable bonds is 7. The van der Waals surface area contributed by atoms with E-state index in [1.54, 1.807) is 56.3 Å². The smallest absolute Gasteiger partial charge is 0.313 e. The van der Waals surface area contributed by atoms with Crippen LogP contribution in [0.2, 0.25) is 5.02 Å². The van der Waals surface area contributed by atoms with E-state index < -0.39 is 17.4 Å². The minimum Gasteiger partial charge on any atom is -0.496 e. The molecule has 3 N–H and O–H groups in total. The van der Waals surface area contributed by atoms with E-state index >= 15 is 0 Å². The maximum absolute atomic E-state index is 12.4. The lowest BCUT2D eigenvalue weighted by Crippen LogP contribution is -2.54. The van der Waals surface area contributed by atoms with Gasteiger partial charge in [0.25, 0.3) is 5.91 Å². The van der Waals surface area contributed by atoms with Crippen LogP contribution in [0.25, 0.3) is 11.3 Å². The molecule has 1 heterocycles. The summed E-state index contributed by atoms with van der Waals surface area (Å²) in [4.78, 5) is 41.0. The zero-order valence-corrected chi connectivity index (χ0v) is 19.0. The summed E-state index contributed by atoms with van der Waals surface area (Å²) in [6.45, 7) is 3.48. The lowest BCUT2D eigenvalue weighted by atomic mass is 10.1. The average molecular weight is 471 g/mol. The third-order valence-corrected chi connectivity index (χ3v) is 4.86. The van der Waals surface area contributed by atoms with Gasteiger partial charge in [0.05, 0.1) is 24.4 Å². The largest absolute Gasteiger partial charge is 0.496 e. The molecule has 33 heavy (non-hydrogen) atoms. The van der Waals surface area contributed by atoms with Crippen molar-refractivity contribution in [3.05, 3.63) is 65.6 Å². The normalized spacial score (nSPS) is 10.9. The van der Waals surface area contributed by atoms with Crippen molar-refractivity contribution in [2.45, 2.75) is 19.4 Å². The second-order valence-corrected chi connectivity index (χ2v) is 8.20. The third kappa shape index (κ3) is 6.33. The minimum atomic E-state index is -0.885. The Balaban J connectivity index is 1.57. The van der Waals surface area contributed by atoms with Gasteiger partial charge in [-0.25, -0.2) is 4.98 Å². The van der Waals surface area contributed by atoms with Crippen molar-refractivity contribution >= 4 is 35.0 Å². The number of hydrogen-bond acceptors (Lipinski definition) is 6. The standard InChI is InChI=1S/C23H23ClN4O5/c1-23(2,12-26-20(29)14-4-6-15(24)7-5-14)28-22(31)21(30)27-16-8-9-17(18(10-16)32-3)19-11-25-13-33-19/h4-11,13H,12H2,1-3H3,(H,26,29)(H,27,30)(H,28,31). The second kappa shape index (κ2) is 10.2. The molecule has 0 radical (unpaired) electrons. The minimum absolute atomic E-state index is 0.104. The van der Waals surface area contributed by atoms with Crippen LogP contribution in [0, 0.1) is 0 Å². The zero-order valence-electron chi connectivity index (χ0n) is 18.3. The van der Waals surface area contributed by atoms with E-state index in [0.717, 1.165) is 0 Å². The van der Waals surface area contributed by atoms with Crippen LogP contribution in [0.4, 0.5) is 5.69 Å². The molecule has 0 aliphatic heterocycles. The number of oxazole rings is 1. The monoisotopic (exact) mass is 470 g/mol. The Labute approximate surface area is 195 Å². The van der Waals surface area contributed by atoms with Gasteiger partial charge in [0, 0.05) is 28.9 Å². The van der Waals surface area contributed by atoms with Crippen LogP contribution < -0.4 is 20.7 Å². The number of aromatic nitrogens is 1. The zero-order chi connectivity index (χ0) is 24.0. The van der Waals surface area contributed by atoms with Crippen molar-refractivity contribution in [2.24, 2.45) is 0 Å². The first-order valence-electron chi connectivity index (χ1n) is 9.93. The summed E-state index contributed by atoms with van der Waals surface area (Å²) in [7, 11) is 1.48. The molecule has 0 saturated carbocycles. The van der Waals surface area contributed by atoms with Crippen LogP contribution in [0.1, 0.15) is 24.2 Å². The summed E-state index contributed by atoms with van der Waals surface area (Å²) >= 11 is 5.83. The lowest BCUT2D eigenvalue weighted by molar-refractivity contribution is -0.137. The number of benzene rings is 2. The summed E-state index contributed by atoms with van der Waals surface area (Å²) in [6, 6.07) is 11.3. The Kier molecular flexibility index (Phi) is 7.34. The van der Waals surface area contributed by atoms with Gasteiger partial charge in [-0.1, -0.05) is 11.6 Å². The molecule has 0 unspecified atom stereocenters. The van der Waals surface area contributed by atoms with Gasteiger partial charge in [0.2, 0.25) is 0 Å². The fraction of sp³-hybridized carbons (Fsp3) is 0.217. The molecule has 0 atom stereocenters. The van der Waals surface area contributed by atoms with Gasteiger partial charge in [0.15, 0.2) is 12.2 Å². The Morgan fingerprint density at radius 1 is 1.09 bits per heavy atom. The number of nitrogens with one attached hydrogen (secondary N) is 3. The van der Waals surface area contributed by atoms with E-state index in [9.17, 15) is 14.4 Å². The summed E-state index contributed by atoms with van der Waals surface area (Å²) in [5.41, 5.74) is 0.561. The summed E-state index contributed by atoms with van der Waals surface area (Å²) in [5, 5.41) is 8.40. The Hall–Kier alpha value is -3.85. The van der Waals surface area contributed by atoms with E-state index in [2.05, 4.69) is 20.9 Å². The Bertz CT molecular complexity index is 1140. The molecule has 0 spiro atoms. The van der Waals surface area contributed by atoms with Gasteiger partial charge < -0.3 is 25.1 Å². The third-order valence-electron chi connectivity index (χ3n) is 4.61. The molecule has 0 bridgehead atoms.